The van der Waals surface area contributed by atoms with E-state index in [0.29, 0.717) is 38.5 Å². The average molecular weight is 425 g/mol. The molecule has 0 bridgehead atoms. The molecule has 0 heterocycles. The zero-order chi connectivity index (χ0) is 22.4. The van der Waals surface area contributed by atoms with E-state index in [1.54, 1.807) is 0 Å². The SMILES string of the molecule is CCCCCCCC(=O)CC[C@@H]1[C@H](C/C=C/CCCC(=O)OC(C)C)[C@@H](O)C[C@H]1O. The number of allylic oxidation sites excluding steroid dienone is 2. The minimum Gasteiger partial charge on any atom is -0.463 e. The Balaban J connectivity index is 2.30. The van der Waals surface area contributed by atoms with Crippen molar-refractivity contribution in [2.24, 2.45) is 11.8 Å². The summed E-state index contributed by atoms with van der Waals surface area (Å²) >= 11 is 0. The van der Waals surface area contributed by atoms with Crippen LogP contribution in [0.1, 0.15) is 104 Å². The fraction of sp³-hybridized carbons (Fsp3) is 0.840. The second-order valence-electron chi connectivity index (χ2n) is 9.08. The molecule has 2 N–H and O–H groups in total. The van der Waals surface area contributed by atoms with Gasteiger partial charge in [-0.15, -0.1) is 0 Å². The van der Waals surface area contributed by atoms with Crippen molar-refractivity contribution >= 4 is 11.8 Å². The number of unbranched alkanes of at least 4 members (excludes halogenated alkanes) is 5. The first-order valence-electron chi connectivity index (χ1n) is 12.1. The summed E-state index contributed by atoms with van der Waals surface area (Å²) in [5.74, 6) is 0.0970. The first kappa shape index (κ1) is 26.8. The lowest BCUT2D eigenvalue weighted by Gasteiger charge is -2.22. The molecule has 0 saturated heterocycles. The van der Waals surface area contributed by atoms with Gasteiger partial charge in [-0.25, -0.2) is 0 Å². The molecule has 1 aliphatic rings. The number of Topliss-reactive ketones (excluding diaryl/α,β-unsaturated/α-hetero) is 1. The highest BCUT2D eigenvalue weighted by atomic mass is 16.5. The highest BCUT2D eigenvalue weighted by Gasteiger charge is 2.40. The monoisotopic (exact) mass is 424 g/mol. The van der Waals surface area contributed by atoms with Gasteiger partial charge in [0.25, 0.3) is 0 Å². The van der Waals surface area contributed by atoms with E-state index < -0.39 is 12.2 Å². The predicted octanol–water partition coefficient (Wildman–Crippen LogP) is 5.12. The van der Waals surface area contributed by atoms with Crippen molar-refractivity contribution in [3.8, 4) is 0 Å². The van der Waals surface area contributed by atoms with E-state index in [0.717, 1.165) is 25.7 Å². The van der Waals surface area contributed by atoms with Crippen LogP contribution in [0.2, 0.25) is 0 Å². The second-order valence-corrected chi connectivity index (χ2v) is 9.08. The van der Waals surface area contributed by atoms with Crippen molar-refractivity contribution in [3.63, 3.8) is 0 Å². The molecule has 1 saturated carbocycles. The molecule has 0 aromatic heterocycles. The third-order valence-electron chi connectivity index (χ3n) is 6.03. The zero-order valence-corrected chi connectivity index (χ0v) is 19.4. The molecule has 0 aromatic rings. The third kappa shape index (κ3) is 11.3. The normalized spacial score (nSPS) is 24.1. The van der Waals surface area contributed by atoms with Crippen molar-refractivity contribution < 1.29 is 24.5 Å². The highest BCUT2D eigenvalue weighted by Crippen LogP contribution is 2.38. The summed E-state index contributed by atoms with van der Waals surface area (Å²) in [5, 5.41) is 20.7. The van der Waals surface area contributed by atoms with E-state index in [9.17, 15) is 19.8 Å². The van der Waals surface area contributed by atoms with Crippen LogP contribution in [0.5, 0.6) is 0 Å². The molecule has 1 aliphatic carbocycles. The number of carbonyl (C=O) groups is 2. The van der Waals surface area contributed by atoms with Crippen LogP contribution >= 0.6 is 0 Å². The first-order valence-corrected chi connectivity index (χ1v) is 12.1. The van der Waals surface area contributed by atoms with Crippen molar-refractivity contribution in [3.05, 3.63) is 12.2 Å². The summed E-state index contributed by atoms with van der Waals surface area (Å²) in [7, 11) is 0. The van der Waals surface area contributed by atoms with Gasteiger partial charge in [-0.1, -0.05) is 44.8 Å². The maximum atomic E-state index is 12.2. The van der Waals surface area contributed by atoms with Crippen molar-refractivity contribution in [2.75, 3.05) is 0 Å². The molecule has 1 fully saturated rings. The van der Waals surface area contributed by atoms with E-state index in [1.165, 1.54) is 19.3 Å². The Hall–Kier alpha value is -1.20. The van der Waals surface area contributed by atoms with E-state index in [2.05, 4.69) is 6.92 Å². The quantitative estimate of drug-likeness (QED) is 0.204. The van der Waals surface area contributed by atoms with Crippen molar-refractivity contribution in [1.82, 2.24) is 0 Å². The van der Waals surface area contributed by atoms with E-state index in [4.69, 9.17) is 4.74 Å². The maximum absolute atomic E-state index is 12.2. The molecule has 1 rings (SSSR count). The Kier molecular flexibility index (Phi) is 13.9. The van der Waals surface area contributed by atoms with Crippen molar-refractivity contribution in [2.45, 2.75) is 123 Å². The van der Waals surface area contributed by atoms with Gasteiger partial charge in [0.2, 0.25) is 0 Å². The Morgan fingerprint density at radius 2 is 1.63 bits per heavy atom. The maximum Gasteiger partial charge on any atom is 0.306 e. The minimum atomic E-state index is -0.526. The Bertz CT molecular complexity index is 514. The van der Waals surface area contributed by atoms with Gasteiger partial charge in [-0.3, -0.25) is 9.59 Å². The molecule has 174 valence electrons. The number of carbonyl (C=O) groups excluding carboxylic acids is 2. The fourth-order valence-corrected chi connectivity index (χ4v) is 4.34. The molecular formula is C25H44O5. The topological polar surface area (TPSA) is 83.8 Å². The Morgan fingerprint density at radius 3 is 2.33 bits per heavy atom. The lowest BCUT2D eigenvalue weighted by molar-refractivity contribution is -0.147. The number of ether oxygens (including phenoxy) is 1. The van der Waals surface area contributed by atoms with Gasteiger partial charge >= 0.3 is 5.97 Å². The van der Waals surface area contributed by atoms with Crippen molar-refractivity contribution in [1.29, 1.82) is 0 Å². The minimum absolute atomic E-state index is 0.000453. The Morgan fingerprint density at radius 1 is 0.933 bits per heavy atom. The number of aliphatic hydroxyl groups is 2. The lowest BCUT2D eigenvalue weighted by atomic mass is 9.86. The molecule has 4 atom stereocenters. The van der Waals surface area contributed by atoms with Gasteiger partial charge in [0.1, 0.15) is 5.78 Å². The summed E-state index contributed by atoms with van der Waals surface area (Å²) in [5.41, 5.74) is 0. The van der Waals surface area contributed by atoms with Gasteiger partial charge in [0, 0.05) is 19.3 Å². The number of hydrogen-bond donors (Lipinski definition) is 2. The number of rotatable bonds is 16. The molecule has 5 nitrogen and oxygen atoms in total. The molecular weight excluding hydrogens is 380 g/mol. The van der Waals surface area contributed by atoms with Crippen LogP contribution in [0.4, 0.5) is 0 Å². The van der Waals surface area contributed by atoms with Gasteiger partial charge in [0.05, 0.1) is 18.3 Å². The standard InChI is InChI=1S/C25H44O5/c1-4-5-6-7-10-13-20(26)16-17-22-21(23(27)18-24(22)28)14-11-8-9-12-15-25(29)30-19(2)3/h8,11,19,21-24,27-28H,4-7,9-10,12-18H2,1-3H3/b11-8+/t21-,22+,23-,24+/m0/s1. The fourth-order valence-electron chi connectivity index (χ4n) is 4.34. The third-order valence-corrected chi connectivity index (χ3v) is 6.03. The van der Waals surface area contributed by atoms with E-state index in [-0.39, 0.29) is 29.7 Å². The average Bonchev–Trinajstić information content (AvgIpc) is 2.94. The van der Waals surface area contributed by atoms with Gasteiger partial charge < -0.3 is 14.9 Å². The number of ketones is 1. The van der Waals surface area contributed by atoms with Crippen LogP contribution in [0, 0.1) is 11.8 Å². The van der Waals surface area contributed by atoms with E-state index in [1.807, 2.05) is 26.0 Å². The summed E-state index contributed by atoms with van der Waals surface area (Å²) in [6, 6.07) is 0. The molecule has 0 spiro atoms. The summed E-state index contributed by atoms with van der Waals surface area (Å²) in [6.07, 6.45) is 13.5. The predicted molar refractivity (Wildman–Crippen MR) is 120 cm³/mol. The molecule has 0 aliphatic heterocycles. The molecule has 0 unspecified atom stereocenters. The molecule has 0 radical (unpaired) electrons. The lowest BCUT2D eigenvalue weighted by Crippen LogP contribution is -2.22. The van der Waals surface area contributed by atoms with Crippen LogP contribution < -0.4 is 0 Å². The van der Waals surface area contributed by atoms with E-state index >= 15 is 0 Å². The Labute approximate surface area is 183 Å². The smallest absolute Gasteiger partial charge is 0.306 e. The second kappa shape index (κ2) is 15.6. The van der Waals surface area contributed by atoms with Crippen LogP contribution in [-0.2, 0) is 14.3 Å². The van der Waals surface area contributed by atoms with Gasteiger partial charge in [-0.2, -0.15) is 0 Å². The van der Waals surface area contributed by atoms with Crippen LogP contribution in [-0.4, -0.2) is 40.3 Å². The largest absolute Gasteiger partial charge is 0.463 e. The summed E-state index contributed by atoms with van der Waals surface area (Å²) < 4.78 is 5.11. The summed E-state index contributed by atoms with van der Waals surface area (Å²) in [4.78, 5) is 23.7. The van der Waals surface area contributed by atoms with Gasteiger partial charge in [0.15, 0.2) is 0 Å². The first-order chi connectivity index (χ1) is 14.3. The zero-order valence-electron chi connectivity index (χ0n) is 19.4. The highest BCUT2D eigenvalue weighted by molar-refractivity contribution is 5.78. The van der Waals surface area contributed by atoms with Crippen LogP contribution in [0.15, 0.2) is 12.2 Å². The van der Waals surface area contributed by atoms with Crippen LogP contribution in [0.25, 0.3) is 0 Å². The number of aliphatic hydroxyl groups excluding tert-OH is 2. The molecule has 5 heteroatoms. The number of hydrogen-bond acceptors (Lipinski definition) is 5. The molecule has 0 amide bonds. The summed E-state index contributed by atoms with van der Waals surface area (Å²) in [6.45, 7) is 5.87. The molecule has 30 heavy (non-hydrogen) atoms. The van der Waals surface area contributed by atoms with Crippen LogP contribution in [0.3, 0.4) is 0 Å². The van der Waals surface area contributed by atoms with Gasteiger partial charge in [-0.05, 0) is 64.2 Å². The number of esters is 1. The molecule has 0 aromatic carbocycles.